The molecule has 4 nitrogen and oxygen atoms in total. The highest BCUT2D eigenvalue weighted by Crippen LogP contribution is 2.29. The van der Waals surface area contributed by atoms with Gasteiger partial charge < -0.3 is 15.0 Å². The average molecular weight is 245 g/mol. The van der Waals surface area contributed by atoms with Crippen LogP contribution in [0.15, 0.2) is 18.2 Å². The van der Waals surface area contributed by atoms with Gasteiger partial charge in [0.2, 0.25) is 0 Å². The van der Waals surface area contributed by atoms with E-state index in [0.717, 1.165) is 35.1 Å². The molecule has 4 heteroatoms. The molecule has 0 aliphatic carbocycles. The fourth-order valence-electron chi connectivity index (χ4n) is 1.97. The third kappa shape index (κ3) is 2.38. The second kappa shape index (κ2) is 5.23. The molecule has 0 radical (unpaired) electrons. The lowest BCUT2D eigenvalue weighted by atomic mass is 10.1. The Morgan fingerprint density at radius 1 is 1.33 bits per heavy atom. The number of methoxy groups -OCH3 is 1. The van der Waals surface area contributed by atoms with Crippen LogP contribution < -0.4 is 10.1 Å². The predicted octanol–water partition coefficient (Wildman–Crippen LogP) is 2.42. The number of aromatic amines is 1. The molecule has 0 amide bonds. The van der Waals surface area contributed by atoms with Gasteiger partial charge in [0.25, 0.3) is 0 Å². The van der Waals surface area contributed by atoms with Crippen molar-refractivity contribution in [3.05, 3.63) is 35.2 Å². The fourth-order valence-corrected chi connectivity index (χ4v) is 1.97. The molecule has 0 atom stereocenters. The minimum atomic E-state index is 0.760. The van der Waals surface area contributed by atoms with Gasteiger partial charge in [0.15, 0.2) is 0 Å². The number of imidazole rings is 1. The average Bonchev–Trinajstić information content (AvgIpc) is 2.71. The van der Waals surface area contributed by atoms with E-state index in [9.17, 15) is 0 Å². The number of hydrogen-bond acceptors (Lipinski definition) is 3. The van der Waals surface area contributed by atoms with Gasteiger partial charge in [-0.25, -0.2) is 4.98 Å². The molecular formula is C14H19N3O. The molecule has 2 aromatic rings. The lowest BCUT2D eigenvalue weighted by Gasteiger charge is -2.06. The largest absolute Gasteiger partial charge is 0.496 e. The Bertz CT molecular complexity index is 546. The molecule has 0 bridgehead atoms. The van der Waals surface area contributed by atoms with Crippen LogP contribution in [0.25, 0.3) is 11.4 Å². The molecule has 0 saturated heterocycles. The molecule has 0 aliphatic rings. The summed E-state index contributed by atoms with van der Waals surface area (Å²) in [5, 5.41) is 3.12. The Hall–Kier alpha value is -1.81. The molecule has 96 valence electrons. The van der Waals surface area contributed by atoms with E-state index in [0.29, 0.717) is 0 Å². The summed E-state index contributed by atoms with van der Waals surface area (Å²) in [6, 6.07) is 6.09. The number of benzene rings is 1. The summed E-state index contributed by atoms with van der Waals surface area (Å²) in [6.07, 6.45) is 0. The SMILES string of the molecule is CNCc1nc(-c2cc(C)ccc2OC)[nH]c1C. The summed E-state index contributed by atoms with van der Waals surface area (Å²) in [7, 11) is 3.60. The van der Waals surface area contributed by atoms with E-state index in [2.05, 4.69) is 28.3 Å². The first-order valence-electron chi connectivity index (χ1n) is 6.00. The second-order valence-corrected chi connectivity index (χ2v) is 4.39. The molecular weight excluding hydrogens is 226 g/mol. The molecule has 18 heavy (non-hydrogen) atoms. The van der Waals surface area contributed by atoms with E-state index in [4.69, 9.17) is 4.74 Å². The normalized spacial score (nSPS) is 10.7. The molecule has 0 spiro atoms. The van der Waals surface area contributed by atoms with Crippen molar-refractivity contribution in [1.82, 2.24) is 15.3 Å². The molecule has 1 aromatic heterocycles. The van der Waals surface area contributed by atoms with E-state index in [1.807, 2.05) is 26.1 Å². The Morgan fingerprint density at radius 2 is 2.11 bits per heavy atom. The van der Waals surface area contributed by atoms with Crippen molar-refractivity contribution in [2.24, 2.45) is 0 Å². The van der Waals surface area contributed by atoms with Crippen molar-refractivity contribution in [3.8, 4) is 17.1 Å². The van der Waals surface area contributed by atoms with Gasteiger partial charge in [0.1, 0.15) is 11.6 Å². The van der Waals surface area contributed by atoms with Gasteiger partial charge in [0.05, 0.1) is 18.4 Å². The number of rotatable bonds is 4. The van der Waals surface area contributed by atoms with E-state index >= 15 is 0 Å². The first-order chi connectivity index (χ1) is 8.65. The maximum atomic E-state index is 5.39. The third-order valence-electron chi connectivity index (χ3n) is 2.94. The van der Waals surface area contributed by atoms with Crippen LogP contribution in [0.1, 0.15) is 17.0 Å². The van der Waals surface area contributed by atoms with Crippen molar-refractivity contribution >= 4 is 0 Å². The summed E-state index contributed by atoms with van der Waals surface area (Å²) in [5.74, 6) is 1.70. The van der Waals surface area contributed by atoms with Crippen molar-refractivity contribution in [3.63, 3.8) is 0 Å². The maximum Gasteiger partial charge on any atom is 0.141 e. The van der Waals surface area contributed by atoms with E-state index in [1.54, 1.807) is 7.11 Å². The number of nitrogens with zero attached hydrogens (tertiary/aromatic N) is 1. The van der Waals surface area contributed by atoms with Crippen LogP contribution in [0.4, 0.5) is 0 Å². The lowest BCUT2D eigenvalue weighted by molar-refractivity contribution is 0.416. The molecule has 0 aliphatic heterocycles. The standard InChI is InChI=1S/C14H19N3O/c1-9-5-6-13(18-4)11(7-9)14-16-10(2)12(17-14)8-15-3/h5-7,15H,8H2,1-4H3,(H,16,17). The van der Waals surface area contributed by atoms with Crippen molar-refractivity contribution in [2.45, 2.75) is 20.4 Å². The Balaban J connectivity index is 2.47. The minimum absolute atomic E-state index is 0.760. The minimum Gasteiger partial charge on any atom is -0.496 e. The van der Waals surface area contributed by atoms with Crippen LogP contribution in [0.5, 0.6) is 5.75 Å². The van der Waals surface area contributed by atoms with Crippen molar-refractivity contribution in [2.75, 3.05) is 14.2 Å². The van der Waals surface area contributed by atoms with Gasteiger partial charge in [-0.15, -0.1) is 0 Å². The van der Waals surface area contributed by atoms with E-state index < -0.39 is 0 Å². The first kappa shape index (κ1) is 12.6. The summed E-state index contributed by atoms with van der Waals surface area (Å²) in [4.78, 5) is 7.94. The zero-order valence-electron chi connectivity index (χ0n) is 11.3. The topological polar surface area (TPSA) is 49.9 Å². The summed E-state index contributed by atoms with van der Waals surface area (Å²) >= 11 is 0. The molecule has 2 rings (SSSR count). The van der Waals surface area contributed by atoms with Crippen molar-refractivity contribution in [1.29, 1.82) is 0 Å². The summed E-state index contributed by atoms with van der Waals surface area (Å²) in [5.41, 5.74) is 4.32. The number of aryl methyl sites for hydroxylation is 2. The molecule has 0 saturated carbocycles. The van der Waals surface area contributed by atoms with Gasteiger partial charge in [-0.05, 0) is 33.0 Å². The molecule has 0 unspecified atom stereocenters. The fraction of sp³-hybridized carbons (Fsp3) is 0.357. The van der Waals surface area contributed by atoms with Gasteiger partial charge in [0, 0.05) is 12.2 Å². The summed E-state index contributed by atoms with van der Waals surface area (Å²) in [6.45, 7) is 4.86. The smallest absolute Gasteiger partial charge is 0.141 e. The zero-order chi connectivity index (χ0) is 13.1. The zero-order valence-corrected chi connectivity index (χ0v) is 11.3. The highest BCUT2D eigenvalue weighted by atomic mass is 16.5. The lowest BCUT2D eigenvalue weighted by Crippen LogP contribution is -2.06. The molecule has 0 fully saturated rings. The number of nitrogens with one attached hydrogen (secondary N) is 2. The van der Waals surface area contributed by atoms with Gasteiger partial charge >= 0.3 is 0 Å². The van der Waals surface area contributed by atoms with Crippen molar-refractivity contribution < 1.29 is 4.74 Å². The highest BCUT2D eigenvalue weighted by molar-refractivity contribution is 5.65. The van der Waals surface area contributed by atoms with Gasteiger partial charge in [-0.3, -0.25) is 0 Å². The van der Waals surface area contributed by atoms with Crippen LogP contribution >= 0.6 is 0 Å². The number of ether oxygens (including phenoxy) is 1. The van der Waals surface area contributed by atoms with Crippen LogP contribution in [-0.4, -0.2) is 24.1 Å². The predicted molar refractivity (Wildman–Crippen MR) is 72.8 cm³/mol. The van der Waals surface area contributed by atoms with Gasteiger partial charge in [-0.1, -0.05) is 11.6 Å². The quantitative estimate of drug-likeness (QED) is 0.869. The Kier molecular flexibility index (Phi) is 3.67. The van der Waals surface area contributed by atoms with E-state index in [1.165, 1.54) is 5.56 Å². The molecule has 2 N–H and O–H groups in total. The van der Waals surface area contributed by atoms with Crippen LogP contribution in [0.3, 0.4) is 0 Å². The number of hydrogen-bond donors (Lipinski definition) is 2. The van der Waals surface area contributed by atoms with Crippen LogP contribution in [0, 0.1) is 13.8 Å². The number of H-pyrrole nitrogens is 1. The van der Waals surface area contributed by atoms with E-state index in [-0.39, 0.29) is 0 Å². The second-order valence-electron chi connectivity index (χ2n) is 4.39. The Labute approximate surface area is 107 Å². The maximum absolute atomic E-state index is 5.39. The van der Waals surface area contributed by atoms with Crippen LogP contribution in [0.2, 0.25) is 0 Å². The summed E-state index contributed by atoms with van der Waals surface area (Å²) < 4.78 is 5.39. The molecule has 1 heterocycles. The highest BCUT2D eigenvalue weighted by Gasteiger charge is 2.12. The third-order valence-corrected chi connectivity index (χ3v) is 2.94. The van der Waals surface area contributed by atoms with Gasteiger partial charge in [-0.2, -0.15) is 0 Å². The van der Waals surface area contributed by atoms with Crippen LogP contribution in [-0.2, 0) is 6.54 Å². The first-order valence-corrected chi connectivity index (χ1v) is 6.00. The monoisotopic (exact) mass is 245 g/mol. The number of aromatic nitrogens is 2. The molecule has 1 aromatic carbocycles. The Morgan fingerprint density at radius 3 is 2.78 bits per heavy atom.